The Morgan fingerprint density at radius 3 is 2.32 bits per heavy atom. The van der Waals surface area contributed by atoms with Crippen LogP contribution in [0, 0.1) is 13.8 Å². The summed E-state index contributed by atoms with van der Waals surface area (Å²) in [4.78, 5) is 14.3. The lowest BCUT2D eigenvalue weighted by Crippen LogP contribution is -2.24. The number of hydrogen-bond donors (Lipinski definition) is 2. The fourth-order valence-electron chi connectivity index (χ4n) is 3.12. The smallest absolute Gasteiger partial charge is 0.339 e. The second-order valence-electron chi connectivity index (χ2n) is 6.49. The molecule has 1 heterocycles. The first-order valence-electron chi connectivity index (χ1n) is 8.63. The Morgan fingerprint density at radius 2 is 1.68 bits per heavy atom. The average molecular weight is 336 g/mol. The Bertz CT molecular complexity index is 742. The first-order valence-corrected chi connectivity index (χ1v) is 8.63. The van der Waals surface area contributed by atoms with Gasteiger partial charge in [-0.1, -0.05) is 18.2 Å². The highest BCUT2D eigenvalue weighted by Gasteiger charge is 2.11. The highest BCUT2D eigenvalue weighted by Crippen LogP contribution is 2.20. The van der Waals surface area contributed by atoms with Gasteiger partial charge in [-0.15, -0.1) is 0 Å². The normalized spacial score (nSPS) is 14.1. The highest BCUT2D eigenvalue weighted by molar-refractivity contribution is 5.90. The molecule has 0 aliphatic carbocycles. The van der Waals surface area contributed by atoms with Crippen molar-refractivity contribution in [1.29, 1.82) is 0 Å². The standard InChI is InChI=1S/C20H24N4O/c1-15-11-16(2)13-18(12-15)22-20(25)23-21-14-17-5-7-19(8-6-17)24-9-3-4-10-24/h5-8,11-14H,3-4,9-10H2,1-2H3,(H2,22,23,25)/b21-14+. The number of nitrogens with zero attached hydrogens (tertiary/aromatic N) is 2. The first kappa shape index (κ1) is 17.0. The van der Waals surface area contributed by atoms with Crippen LogP contribution in [0.4, 0.5) is 16.2 Å². The molecule has 1 saturated heterocycles. The Kier molecular flexibility index (Phi) is 5.33. The Labute approximate surface area is 148 Å². The van der Waals surface area contributed by atoms with E-state index in [-0.39, 0.29) is 6.03 Å². The molecule has 1 aliphatic rings. The van der Waals surface area contributed by atoms with Crippen LogP contribution in [0.25, 0.3) is 0 Å². The van der Waals surface area contributed by atoms with Crippen molar-refractivity contribution >= 4 is 23.6 Å². The van der Waals surface area contributed by atoms with Crippen molar-refractivity contribution in [3.8, 4) is 0 Å². The van der Waals surface area contributed by atoms with Gasteiger partial charge in [-0.3, -0.25) is 0 Å². The number of carbonyl (C=O) groups is 1. The van der Waals surface area contributed by atoms with E-state index in [2.05, 4.69) is 38.9 Å². The minimum absolute atomic E-state index is 0.352. The number of hydrogen-bond acceptors (Lipinski definition) is 3. The summed E-state index contributed by atoms with van der Waals surface area (Å²) in [7, 11) is 0. The van der Waals surface area contributed by atoms with Gasteiger partial charge < -0.3 is 10.2 Å². The van der Waals surface area contributed by atoms with Gasteiger partial charge in [0, 0.05) is 24.5 Å². The van der Waals surface area contributed by atoms with E-state index in [1.54, 1.807) is 6.21 Å². The van der Waals surface area contributed by atoms with Crippen LogP contribution in [-0.2, 0) is 0 Å². The van der Waals surface area contributed by atoms with Crippen LogP contribution < -0.4 is 15.6 Å². The van der Waals surface area contributed by atoms with Gasteiger partial charge >= 0.3 is 6.03 Å². The summed E-state index contributed by atoms with van der Waals surface area (Å²) in [6.45, 7) is 6.27. The zero-order valence-corrected chi connectivity index (χ0v) is 14.7. The van der Waals surface area contributed by atoms with Crippen molar-refractivity contribution in [2.45, 2.75) is 26.7 Å². The summed E-state index contributed by atoms with van der Waals surface area (Å²) in [5.41, 5.74) is 7.68. The Hall–Kier alpha value is -2.82. The average Bonchev–Trinajstić information content (AvgIpc) is 3.09. The largest absolute Gasteiger partial charge is 0.372 e. The zero-order chi connectivity index (χ0) is 17.6. The number of amides is 2. The molecule has 5 heteroatoms. The lowest BCUT2D eigenvalue weighted by atomic mass is 10.1. The third-order valence-electron chi connectivity index (χ3n) is 4.22. The fourth-order valence-corrected chi connectivity index (χ4v) is 3.12. The topological polar surface area (TPSA) is 56.7 Å². The number of urea groups is 1. The van der Waals surface area contributed by atoms with Crippen molar-refractivity contribution in [1.82, 2.24) is 5.43 Å². The lowest BCUT2D eigenvalue weighted by molar-refractivity contribution is 0.252. The van der Waals surface area contributed by atoms with Crippen LogP contribution in [0.2, 0.25) is 0 Å². The summed E-state index contributed by atoms with van der Waals surface area (Å²) < 4.78 is 0. The van der Waals surface area contributed by atoms with Gasteiger partial charge in [0.05, 0.1) is 6.21 Å². The number of anilines is 2. The molecular formula is C20H24N4O. The summed E-state index contributed by atoms with van der Waals surface area (Å²) in [6, 6.07) is 13.8. The Morgan fingerprint density at radius 1 is 1.04 bits per heavy atom. The molecular weight excluding hydrogens is 312 g/mol. The molecule has 1 fully saturated rings. The summed E-state index contributed by atoms with van der Waals surface area (Å²) in [6.07, 6.45) is 4.18. The molecule has 1 aliphatic heterocycles. The number of aryl methyl sites for hydroxylation is 2. The predicted octanol–water partition coefficient (Wildman–Crippen LogP) is 4.06. The van der Waals surface area contributed by atoms with Crippen molar-refractivity contribution in [3.63, 3.8) is 0 Å². The third-order valence-corrected chi connectivity index (χ3v) is 4.22. The summed E-state index contributed by atoms with van der Waals surface area (Å²) >= 11 is 0. The van der Waals surface area contributed by atoms with E-state index in [9.17, 15) is 4.79 Å². The van der Waals surface area contributed by atoms with Crippen molar-refractivity contribution < 1.29 is 4.79 Å². The maximum absolute atomic E-state index is 11.9. The van der Waals surface area contributed by atoms with Gasteiger partial charge in [0.1, 0.15) is 0 Å². The molecule has 2 N–H and O–H groups in total. The van der Waals surface area contributed by atoms with Crippen molar-refractivity contribution in [2.75, 3.05) is 23.3 Å². The van der Waals surface area contributed by atoms with E-state index in [1.165, 1.54) is 18.5 Å². The number of benzene rings is 2. The predicted molar refractivity (Wildman–Crippen MR) is 104 cm³/mol. The zero-order valence-electron chi connectivity index (χ0n) is 14.7. The molecule has 0 unspecified atom stereocenters. The van der Waals surface area contributed by atoms with E-state index in [0.29, 0.717) is 0 Å². The van der Waals surface area contributed by atoms with E-state index < -0.39 is 0 Å². The summed E-state index contributed by atoms with van der Waals surface area (Å²) in [5, 5.41) is 6.79. The SMILES string of the molecule is Cc1cc(C)cc(NC(=O)N/N=C/c2ccc(N3CCCC3)cc2)c1. The van der Waals surface area contributed by atoms with Gasteiger partial charge in [-0.05, 0) is 67.6 Å². The van der Waals surface area contributed by atoms with Gasteiger partial charge in [0.25, 0.3) is 0 Å². The van der Waals surface area contributed by atoms with Crippen molar-refractivity contribution in [2.24, 2.45) is 5.10 Å². The minimum Gasteiger partial charge on any atom is -0.372 e. The molecule has 0 bridgehead atoms. The molecule has 3 rings (SSSR count). The molecule has 0 aromatic heterocycles. The molecule has 2 aromatic rings. The maximum atomic E-state index is 11.9. The quantitative estimate of drug-likeness (QED) is 0.653. The van der Waals surface area contributed by atoms with Crippen LogP contribution in [0.3, 0.4) is 0 Å². The van der Waals surface area contributed by atoms with E-state index in [4.69, 9.17) is 0 Å². The van der Waals surface area contributed by atoms with Crippen LogP contribution in [-0.4, -0.2) is 25.3 Å². The second-order valence-corrected chi connectivity index (χ2v) is 6.49. The van der Waals surface area contributed by atoms with Gasteiger partial charge in [-0.25, -0.2) is 10.2 Å². The Balaban J connectivity index is 1.52. The molecule has 0 radical (unpaired) electrons. The van der Waals surface area contributed by atoms with Gasteiger partial charge in [0.2, 0.25) is 0 Å². The second kappa shape index (κ2) is 7.83. The fraction of sp³-hybridized carbons (Fsp3) is 0.300. The molecule has 0 atom stereocenters. The number of carbonyl (C=O) groups excluding carboxylic acids is 1. The third kappa shape index (κ3) is 4.83. The van der Waals surface area contributed by atoms with Gasteiger partial charge in [0.15, 0.2) is 0 Å². The molecule has 0 saturated carbocycles. The number of nitrogens with one attached hydrogen (secondary N) is 2. The molecule has 2 aromatic carbocycles. The van der Waals surface area contributed by atoms with Crippen LogP contribution in [0.5, 0.6) is 0 Å². The van der Waals surface area contributed by atoms with Gasteiger partial charge in [-0.2, -0.15) is 5.10 Å². The molecule has 0 spiro atoms. The molecule has 130 valence electrons. The van der Waals surface area contributed by atoms with Crippen LogP contribution >= 0.6 is 0 Å². The number of rotatable bonds is 4. The maximum Gasteiger partial charge on any atom is 0.339 e. The first-order chi connectivity index (χ1) is 12.1. The highest BCUT2D eigenvalue weighted by atomic mass is 16.2. The summed E-state index contributed by atoms with van der Waals surface area (Å²) in [5.74, 6) is 0. The monoisotopic (exact) mass is 336 g/mol. The lowest BCUT2D eigenvalue weighted by Gasteiger charge is -2.17. The molecule has 2 amide bonds. The van der Waals surface area contributed by atoms with E-state index in [1.807, 2.05) is 38.1 Å². The number of hydrazone groups is 1. The molecule has 25 heavy (non-hydrogen) atoms. The molecule has 5 nitrogen and oxygen atoms in total. The van der Waals surface area contributed by atoms with Crippen LogP contribution in [0.1, 0.15) is 29.5 Å². The van der Waals surface area contributed by atoms with Crippen molar-refractivity contribution in [3.05, 3.63) is 59.2 Å². The van der Waals surface area contributed by atoms with E-state index in [0.717, 1.165) is 35.5 Å². The minimum atomic E-state index is -0.352. The van der Waals surface area contributed by atoms with E-state index >= 15 is 0 Å². The van der Waals surface area contributed by atoms with Crippen LogP contribution in [0.15, 0.2) is 47.6 Å².